The smallest absolute Gasteiger partial charge is 0.311 e. The number of thiazole rings is 1. The van der Waals surface area contributed by atoms with E-state index >= 15 is 0 Å². The highest BCUT2D eigenvalue weighted by Gasteiger charge is 2.18. The molecule has 0 amide bonds. The van der Waals surface area contributed by atoms with E-state index in [-0.39, 0.29) is 12.4 Å². The first-order valence-corrected chi connectivity index (χ1v) is 8.15. The molecule has 1 saturated heterocycles. The van der Waals surface area contributed by atoms with Crippen LogP contribution in [0.15, 0.2) is 5.38 Å². The fourth-order valence-corrected chi connectivity index (χ4v) is 3.10. The number of ether oxygens (including phenoxy) is 1. The van der Waals surface area contributed by atoms with Crippen molar-refractivity contribution in [2.24, 2.45) is 0 Å². The summed E-state index contributed by atoms with van der Waals surface area (Å²) in [6, 6.07) is 0.523. The van der Waals surface area contributed by atoms with E-state index in [4.69, 9.17) is 4.74 Å². The number of esters is 1. The topological polar surface area (TPSA) is 54.5 Å². The van der Waals surface area contributed by atoms with Crippen LogP contribution in [-0.2, 0) is 16.0 Å². The Bertz CT molecular complexity index is 430. The van der Waals surface area contributed by atoms with Gasteiger partial charge in [-0.15, -0.1) is 11.3 Å². The Labute approximate surface area is 124 Å². The summed E-state index contributed by atoms with van der Waals surface area (Å²) in [5.41, 5.74) is 0.782. The van der Waals surface area contributed by atoms with Crippen molar-refractivity contribution < 1.29 is 9.53 Å². The van der Waals surface area contributed by atoms with Gasteiger partial charge in [0.15, 0.2) is 5.13 Å². The van der Waals surface area contributed by atoms with Crippen LogP contribution >= 0.6 is 11.3 Å². The van der Waals surface area contributed by atoms with Gasteiger partial charge in [0.1, 0.15) is 0 Å². The van der Waals surface area contributed by atoms with Crippen molar-refractivity contribution in [1.82, 2.24) is 9.88 Å². The highest BCUT2D eigenvalue weighted by atomic mass is 32.1. The molecule has 1 aromatic rings. The van der Waals surface area contributed by atoms with Crippen molar-refractivity contribution in [2.45, 2.75) is 39.2 Å². The SMILES string of the molecule is CCOC(=O)Cc1csc(NCC(C)N2CCCC2)n1. The van der Waals surface area contributed by atoms with Gasteiger partial charge in [-0.05, 0) is 39.8 Å². The molecular formula is C14H23N3O2S. The van der Waals surface area contributed by atoms with Gasteiger partial charge in [-0.2, -0.15) is 0 Å². The summed E-state index contributed by atoms with van der Waals surface area (Å²) in [4.78, 5) is 18.3. The quantitative estimate of drug-likeness (QED) is 0.782. The van der Waals surface area contributed by atoms with E-state index in [1.807, 2.05) is 12.3 Å². The third kappa shape index (κ3) is 4.45. The lowest BCUT2D eigenvalue weighted by atomic mass is 10.3. The number of nitrogens with one attached hydrogen (secondary N) is 1. The van der Waals surface area contributed by atoms with Gasteiger partial charge in [-0.3, -0.25) is 9.69 Å². The number of anilines is 1. The van der Waals surface area contributed by atoms with Gasteiger partial charge in [0.05, 0.1) is 18.7 Å². The molecule has 1 N–H and O–H groups in total. The molecule has 0 spiro atoms. The number of aromatic nitrogens is 1. The number of likely N-dealkylation sites (tertiary alicyclic amines) is 1. The lowest BCUT2D eigenvalue weighted by Gasteiger charge is -2.23. The highest BCUT2D eigenvalue weighted by molar-refractivity contribution is 7.13. The van der Waals surface area contributed by atoms with E-state index in [0.717, 1.165) is 17.4 Å². The standard InChI is InChI=1S/C14H23N3O2S/c1-3-19-13(18)8-12-10-20-14(16-12)15-9-11(2)17-6-4-5-7-17/h10-11H,3-9H2,1-2H3,(H,15,16). The minimum Gasteiger partial charge on any atom is -0.466 e. The molecule has 0 saturated carbocycles. The number of hydrogen-bond donors (Lipinski definition) is 1. The van der Waals surface area contributed by atoms with Crippen molar-refractivity contribution in [3.63, 3.8) is 0 Å². The van der Waals surface area contributed by atoms with E-state index in [0.29, 0.717) is 12.6 Å². The molecule has 1 aliphatic rings. The third-order valence-electron chi connectivity index (χ3n) is 3.50. The van der Waals surface area contributed by atoms with Gasteiger partial charge in [0.25, 0.3) is 0 Å². The first kappa shape index (κ1) is 15.3. The maximum Gasteiger partial charge on any atom is 0.311 e. The Morgan fingerprint density at radius 2 is 2.30 bits per heavy atom. The molecule has 1 atom stereocenters. The summed E-state index contributed by atoms with van der Waals surface area (Å²) in [5, 5.41) is 6.16. The zero-order valence-corrected chi connectivity index (χ0v) is 13.0. The maximum absolute atomic E-state index is 11.4. The normalized spacial score (nSPS) is 17.1. The molecule has 0 aromatic carbocycles. The third-order valence-corrected chi connectivity index (χ3v) is 4.34. The Morgan fingerprint density at radius 3 is 3.00 bits per heavy atom. The van der Waals surface area contributed by atoms with Crippen LogP contribution in [0, 0.1) is 0 Å². The van der Waals surface area contributed by atoms with Crippen molar-refractivity contribution >= 4 is 22.4 Å². The van der Waals surface area contributed by atoms with Crippen LogP contribution in [0.1, 0.15) is 32.4 Å². The molecule has 1 fully saturated rings. The maximum atomic E-state index is 11.4. The van der Waals surface area contributed by atoms with Crippen molar-refractivity contribution in [1.29, 1.82) is 0 Å². The molecular weight excluding hydrogens is 274 g/mol. The van der Waals surface area contributed by atoms with Gasteiger partial charge in [-0.1, -0.05) is 0 Å². The predicted octanol–water partition coefficient (Wildman–Crippen LogP) is 2.14. The molecule has 0 radical (unpaired) electrons. The summed E-state index contributed by atoms with van der Waals surface area (Å²) >= 11 is 1.55. The lowest BCUT2D eigenvalue weighted by Crippen LogP contribution is -2.35. The van der Waals surface area contributed by atoms with E-state index in [1.165, 1.54) is 25.9 Å². The van der Waals surface area contributed by atoms with Crippen LogP contribution in [0.4, 0.5) is 5.13 Å². The zero-order chi connectivity index (χ0) is 14.4. The molecule has 112 valence electrons. The summed E-state index contributed by atoms with van der Waals surface area (Å²) in [7, 11) is 0. The molecule has 0 bridgehead atoms. The molecule has 0 aliphatic carbocycles. The monoisotopic (exact) mass is 297 g/mol. The van der Waals surface area contributed by atoms with Crippen molar-refractivity contribution in [2.75, 3.05) is 31.6 Å². The van der Waals surface area contributed by atoms with Crippen LogP contribution in [-0.4, -0.2) is 48.1 Å². The number of carbonyl (C=O) groups is 1. The van der Waals surface area contributed by atoms with Gasteiger partial charge in [0.2, 0.25) is 0 Å². The molecule has 5 nitrogen and oxygen atoms in total. The van der Waals surface area contributed by atoms with Crippen LogP contribution in [0.5, 0.6) is 0 Å². The molecule has 1 aromatic heterocycles. The second kappa shape index (κ2) is 7.59. The first-order valence-electron chi connectivity index (χ1n) is 7.27. The summed E-state index contributed by atoms with van der Waals surface area (Å²) in [6.07, 6.45) is 2.88. The number of rotatable bonds is 7. The summed E-state index contributed by atoms with van der Waals surface area (Å²) < 4.78 is 4.92. The Kier molecular flexibility index (Phi) is 5.79. The van der Waals surface area contributed by atoms with Crippen molar-refractivity contribution in [3.8, 4) is 0 Å². The Hall–Kier alpha value is -1.14. The summed E-state index contributed by atoms with van der Waals surface area (Å²) in [5.74, 6) is -0.213. The number of carbonyl (C=O) groups excluding carboxylic acids is 1. The van der Waals surface area contributed by atoms with E-state index in [2.05, 4.69) is 22.1 Å². The van der Waals surface area contributed by atoms with Crippen LogP contribution in [0.25, 0.3) is 0 Å². The fraction of sp³-hybridized carbons (Fsp3) is 0.714. The van der Waals surface area contributed by atoms with Crippen LogP contribution < -0.4 is 5.32 Å². The number of hydrogen-bond acceptors (Lipinski definition) is 6. The van der Waals surface area contributed by atoms with E-state index in [9.17, 15) is 4.79 Å². The molecule has 2 rings (SSSR count). The second-order valence-electron chi connectivity index (χ2n) is 5.10. The Morgan fingerprint density at radius 1 is 1.55 bits per heavy atom. The molecule has 1 unspecified atom stereocenters. The van der Waals surface area contributed by atoms with Gasteiger partial charge >= 0.3 is 5.97 Å². The average Bonchev–Trinajstić information content (AvgIpc) is 3.07. The second-order valence-corrected chi connectivity index (χ2v) is 5.96. The zero-order valence-electron chi connectivity index (χ0n) is 12.2. The van der Waals surface area contributed by atoms with Gasteiger partial charge in [-0.25, -0.2) is 4.98 Å². The summed E-state index contributed by atoms with van der Waals surface area (Å²) in [6.45, 7) is 7.77. The molecule has 6 heteroatoms. The number of nitrogens with zero attached hydrogens (tertiary/aromatic N) is 2. The van der Waals surface area contributed by atoms with Gasteiger partial charge in [0, 0.05) is 18.0 Å². The molecule has 1 aliphatic heterocycles. The lowest BCUT2D eigenvalue weighted by molar-refractivity contribution is -0.142. The Balaban J connectivity index is 1.76. The fourth-order valence-electron chi connectivity index (χ4n) is 2.38. The van der Waals surface area contributed by atoms with Gasteiger partial charge < -0.3 is 10.1 Å². The van der Waals surface area contributed by atoms with Crippen molar-refractivity contribution in [3.05, 3.63) is 11.1 Å². The minimum atomic E-state index is -0.213. The highest BCUT2D eigenvalue weighted by Crippen LogP contribution is 2.17. The largest absolute Gasteiger partial charge is 0.466 e. The molecule has 2 heterocycles. The van der Waals surface area contributed by atoms with E-state index in [1.54, 1.807) is 11.3 Å². The minimum absolute atomic E-state index is 0.213. The average molecular weight is 297 g/mol. The van der Waals surface area contributed by atoms with E-state index < -0.39 is 0 Å². The first-order chi connectivity index (χ1) is 9.69. The van der Waals surface area contributed by atoms with Crippen LogP contribution in [0.2, 0.25) is 0 Å². The van der Waals surface area contributed by atoms with Crippen LogP contribution in [0.3, 0.4) is 0 Å². The predicted molar refractivity (Wildman–Crippen MR) is 81.2 cm³/mol. The molecule has 20 heavy (non-hydrogen) atoms.